The van der Waals surface area contributed by atoms with E-state index in [4.69, 9.17) is 0 Å². The fourth-order valence-electron chi connectivity index (χ4n) is 14.4. The van der Waals surface area contributed by atoms with Crippen molar-refractivity contribution in [1.82, 2.24) is 0 Å². The Kier molecular flexibility index (Phi) is 18.7. The summed E-state index contributed by atoms with van der Waals surface area (Å²) in [6.07, 6.45) is 16.9. The predicted octanol–water partition coefficient (Wildman–Crippen LogP) is 17.8. The van der Waals surface area contributed by atoms with E-state index in [0.717, 1.165) is 77.0 Å². The van der Waals surface area contributed by atoms with Crippen LogP contribution in [0.1, 0.15) is 243 Å². The molecule has 12 unspecified atom stereocenters. The zero-order valence-corrected chi connectivity index (χ0v) is 52.1. The summed E-state index contributed by atoms with van der Waals surface area (Å²) in [5.41, 5.74) is -2.07. The Hall–Kier alpha value is -0.786. The van der Waals surface area contributed by atoms with E-state index in [2.05, 4.69) is 166 Å². The maximum Gasteiger partial charge on any atom is 0.165 e. The molecule has 6 nitrogen and oxygen atoms in total. The van der Waals surface area contributed by atoms with E-state index in [-0.39, 0.29) is 132 Å². The van der Waals surface area contributed by atoms with Gasteiger partial charge in [0.25, 0.3) is 0 Å². The van der Waals surface area contributed by atoms with Gasteiger partial charge in [-0.15, -0.1) is 0 Å². The predicted molar refractivity (Wildman–Crippen MR) is 289 cm³/mol. The van der Waals surface area contributed by atoms with Gasteiger partial charge in [-0.25, -0.2) is 0 Å². The number of carbonyl (C=O) groups is 3. The van der Waals surface area contributed by atoms with Crippen molar-refractivity contribution in [1.29, 1.82) is 0 Å². The van der Waals surface area contributed by atoms with Gasteiger partial charge in [-0.1, -0.05) is 166 Å². The van der Waals surface area contributed by atoms with Crippen molar-refractivity contribution in [3.05, 3.63) is 35.5 Å². The van der Waals surface area contributed by atoms with E-state index in [9.17, 15) is 29.7 Å². The van der Waals surface area contributed by atoms with E-state index < -0.39 is 0 Å². The van der Waals surface area contributed by atoms with Crippen molar-refractivity contribution in [3.8, 4) is 0 Å². The van der Waals surface area contributed by atoms with Gasteiger partial charge in [0, 0.05) is 100 Å². The molecule has 0 bridgehead atoms. The maximum absolute atomic E-state index is 13.1. The van der Waals surface area contributed by atoms with Crippen LogP contribution in [0.15, 0.2) is 35.5 Å². The second kappa shape index (κ2) is 20.6. The second-order valence-electron chi connectivity index (χ2n) is 29.6. The van der Waals surface area contributed by atoms with Crippen LogP contribution in [0.5, 0.6) is 0 Å². The van der Waals surface area contributed by atoms with Crippen molar-refractivity contribution < 1.29 is 79.1 Å². The van der Waals surface area contributed by atoms with Gasteiger partial charge in [0.1, 0.15) is 17.3 Å². The van der Waals surface area contributed by atoms with E-state index in [1.54, 1.807) is 18.2 Å². The summed E-state index contributed by atoms with van der Waals surface area (Å²) in [6, 6.07) is 0. The molecule has 7 heteroatoms. The van der Waals surface area contributed by atoms with E-state index >= 15 is 0 Å². The first-order valence-corrected chi connectivity index (χ1v) is 27.8. The minimum Gasteiger partial charge on any atom is -0.512 e. The van der Waals surface area contributed by atoms with Gasteiger partial charge < -0.3 is 15.3 Å². The van der Waals surface area contributed by atoms with Gasteiger partial charge in [-0.05, 0) is 145 Å². The molecule has 70 heavy (non-hydrogen) atoms. The Labute approximate surface area is 471 Å². The first-order valence-electron chi connectivity index (χ1n) is 27.8. The Bertz CT molecular complexity index is 1820. The topological polar surface area (TPSA) is 112 Å². The molecule has 0 aliphatic heterocycles. The van der Waals surface area contributed by atoms with Crippen molar-refractivity contribution in [2.75, 3.05) is 0 Å². The van der Waals surface area contributed by atoms with Gasteiger partial charge in [0.15, 0.2) is 17.3 Å². The molecule has 0 saturated heterocycles. The van der Waals surface area contributed by atoms with Crippen LogP contribution >= 0.6 is 0 Å². The summed E-state index contributed by atoms with van der Waals surface area (Å²) in [4.78, 5) is 39.3. The first kappa shape index (κ1) is 63.5. The Morgan fingerprint density at radius 2 is 0.429 bits per heavy atom. The fraction of sp³-hybridized carbons (Fsp3) is 0.857. The minimum absolute atomic E-state index is 0. The number of aliphatic hydroxyl groups is 3. The third-order valence-electron chi connectivity index (χ3n) is 26.5. The Morgan fingerprint density at radius 3 is 0.543 bits per heavy atom. The zero-order chi connectivity index (χ0) is 53.5. The molecule has 6 aliphatic carbocycles. The van der Waals surface area contributed by atoms with Crippen LogP contribution in [0.2, 0.25) is 0 Å². The molecule has 0 heterocycles. The number of ketones is 3. The largest absolute Gasteiger partial charge is 0.512 e. The van der Waals surface area contributed by atoms with Crippen molar-refractivity contribution in [2.45, 2.75) is 243 Å². The average Bonchev–Trinajstić information content (AvgIpc) is 3.92. The van der Waals surface area contributed by atoms with Crippen LogP contribution in [-0.2, 0) is 14.4 Å². The standard InChI is InChI=1S/3C21H36O2.Eu/c3*1-14-9-11-20(7,18(14,3)4)16(22)13-17(23)21(8)12-10-15(2)19(21,5)6;/h3*13-15,22H,9-12H2,1-8H3;/b16-13+;2*16-13-;. The van der Waals surface area contributed by atoms with E-state index in [1.165, 1.54) is 0 Å². The molecule has 0 aromatic carbocycles. The van der Waals surface area contributed by atoms with Crippen molar-refractivity contribution in [2.24, 2.45) is 100 Å². The monoisotopic (exact) mass is 1110 g/mol. The SMILES string of the molecule is CC1CCC(C)(C(=O)/C=C(/O)C2(C)CCC(C)C2(C)C)C1(C)C.CC1CCC(C)(C(=O)/C=C(\O)C2(C)CCC(C)C2(C)C)C1(C)C.CC1CCC(C)(C(=O)/C=C(\O)C2(C)CCC(C)C2(C)C)C1(C)C.[Eu]. The van der Waals surface area contributed by atoms with Crippen LogP contribution in [0.25, 0.3) is 0 Å². The molecule has 0 amide bonds. The maximum atomic E-state index is 13.1. The molecule has 0 spiro atoms. The van der Waals surface area contributed by atoms with Crippen molar-refractivity contribution >= 4 is 17.3 Å². The molecule has 12 atom stereocenters. The third-order valence-corrected chi connectivity index (χ3v) is 26.5. The first-order chi connectivity index (χ1) is 30.9. The van der Waals surface area contributed by atoms with E-state index in [0.29, 0.717) is 52.8 Å². The third kappa shape index (κ3) is 9.82. The van der Waals surface area contributed by atoms with Gasteiger partial charge in [-0.3, -0.25) is 14.4 Å². The molecule has 6 rings (SSSR count). The summed E-state index contributed by atoms with van der Waals surface area (Å²) in [7, 11) is 0. The minimum atomic E-state index is -0.370. The number of hydrogen-bond donors (Lipinski definition) is 3. The zero-order valence-electron chi connectivity index (χ0n) is 49.6. The molecule has 0 aromatic rings. The smallest absolute Gasteiger partial charge is 0.165 e. The average molecular weight is 1110 g/mol. The van der Waals surface area contributed by atoms with Crippen molar-refractivity contribution in [3.63, 3.8) is 0 Å². The molecule has 0 aromatic heterocycles. The molecule has 6 saturated carbocycles. The molecule has 3 N–H and O–H groups in total. The molecule has 6 fully saturated rings. The number of aliphatic hydroxyl groups excluding tert-OH is 3. The molecule has 1 radical (unpaired) electrons. The normalized spacial score (nSPS) is 42.3. The summed E-state index contributed by atoms with van der Waals surface area (Å²) in [5, 5.41) is 32.6. The summed E-state index contributed by atoms with van der Waals surface area (Å²) >= 11 is 0. The van der Waals surface area contributed by atoms with Crippen LogP contribution in [-0.4, -0.2) is 32.7 Å². The van der Waals surface area contributed by atoms with Gasteiger partial charge in [0.2, 0.25) is 0 Å². The van der Waals surface area contributed by atoms with Crippen LogP contribution in [0, 0.1) is 150 Å². The number of rotatable bonds is 9. The summed E-state index contributed by atoms with van der Waals surface area (Å²) in [6.45, 7) is 52.7. The molecule has 6 aliphatic rings. The van der Waals surface area contributed by atoms with Gasteiger partial charge in [-0.2, -0.15) is 0 Å². The Balaban J connectivity index is 0.000000276. The second-order valence-corrected chi connectivity index (χ2v) is 29.6. The summed E-state index contributed by atoms with van der Waals surface area (Å²) in [5.74, 6) is 4.49. The van der Waals surface area contributed by atoms with E-state index in [1.807, 2.05) is 0 Å². The van der Waals surface area contributed by atoms with Gasteiger partial charge >= 0.3 is 0 Å². The van der Waals surface area contributed by atoms with Crippen LogP contribution in [0.3, 0.4) is 0 Å². The number of hydrogen-bond acceptors (Lipinski definition) is 6. The Morgan fingerprint density at radius 1 is 0.300 bits per heavy atom. The van der Waals surface area contributed by atoms with Crippen LogP contribution in [0.4, 0.5) is 0 Å². The van der Waals surface area contributed by atoms with Crippen LogP contribution < -0.4 is 0 Å². The quantitative estimate of drug-likeness (QED) is 0.157. The van der Waals surface area contributed by atoms with Gasteiger partial charge in [0.05, 0.1) is 0 Å². The summed E-state index contributed by atoms with van der Waals surface area (Å²) < 4.78 is 0. The number of allylic oxidation sites excluding steroid dienone is 6. The number of carbonyl (C=O) groups excluding carboxylic acids is 3. The fourth-order valence-corrected chi connectivity index (χ4v) is 14.4. The molecular weight excluding hydrogens is 1000 g/mol. The molecular formula is C63H108EuO6. The molecule has 403 valence electrons.